The Kier molecular flexibility index (Phi) is 4.41. The fourth-order valence-corrected chi connectivity index (χ4v) is 3.50. The molecular formula is C13H14N2OS2. The van der Waals surface area contributed by atoms with Crippen molar-refractivity contribution in [3.05, 3.63) is 51.7 Å². The maximum atomic E-state index is 11.3. The molecule has 0 atom stereocenters. The number of carbonyl (C=O) groups excluding carboxylic acids is 1. The van der Waals surface area contributed by atoms with Gasteiger partial charge in [-0.3, -0.25) is 10.2 Å². The molecule has 2 aromatic rings. The van der Waals surface area contributed by atoms with Gasteiger partial charge in [-0.05, 0) is 30.7 Å². The molecule has 0 unspecified atom stereocenters. The monoisotopic (exact) mass is 278 g/mol. The van der Waals surface area contributed by atoms with E-state index >= 15 is 0 Å². The molecule has 1 aromatic heterocycles. The van der Waals surface area contributed by atoms with Crippen LogP contribution in [-0.2, 0) is 5.75 Å². The minimum atomic E-state index is -0.229. The molecule has 1 aromatic carbocycles. The molecule has 0 radical (unpaired) electrons. The molecule has 94 valence electrons. The molecule has 0 saturated carbocycles. The molecule has 0 fully saturated rings. The fraction of sp³-hybridized carbons (Fsp3) is 0.154. The summed E-state index contributed by atoms with van der Waals surface area (Å²) in [6.45, 7) is 2.10. The third kappa shape index (κ3) is 3.13. The quantitative estimate of drug-likeness (QED) is 0.391. The summed E-state index contributed by atoms with van der Waals surface area (Å²) >= 11 is 3.26. The summed E-state index contributed by atoms with van der Waals surface area (Å²) in [5, 5.41) is 0. The molecule has 0 aliphatic rings. The number of nitrogen functional groups attached to an aromatic ring is 1. The summed E-state index contributed by atoms with van der Waals surface area (Å²) < 4.78 is 0. The minimum Gasteiger partial charge on any atom is -0.289 e. The lowest BCUT2D eigenvalue weighted by Gasteiger charge is -2.03. The number of hydrazine groups is 1. The minimum absolute atomic E-state index is 0.229. The largest absolute Gasteiger partial charge is 0.289 e. The summed E-state index contributed by atoms with van der Waals surface area (Å²) in [5.41, 5.74) is 3.42. The van der Waals surface area contributed by atoms with Gasteiger partial charge in [-0.15, -0.1) is 23.1 Å². The number of hydrogen-bond donors (Lipinski definition) is 2. The Morgan fingerprint density at radius 1 is 1.33 bits per heavy atom. The molecule has 0 aliphatic heterocycles. The molecule has 0 aliphatic carbocycles. The van der Waals surface area contributed by atoms with Crippen LogP contribution >= 0.6 is 23.1 Å². The van der Waals surface area contributed by atoms with Gasteiger partial charge in [0, 0.05) is 15.5 Å². The molecular weight excluding hydrogens is 264 g/mol. The average molecular weight is 278 g/mol. The van der Waals surface area contributed by atoms with E-state index in [0.717, 1.165) is 5.75 Å². The van der Waals surface area contributed by atoms with E-state index in [2.05, 4.69) is 24.5 Å². The van der Waals surface area contributed by atoms with Gasteiger partial charge in [-0.25, -0.2) is 5.84 Å². The van der Waals surface area contributed by atoms with E-state index in [9.17, 15) is 4.79 Å². The topological polar surface area (TPSA) is 55.1 Å². The molecule has 0 bridgehead atoms. The van der Waals surface area contributed by atoms with Crippen LogP contribution in [-0.4, -0.2) is 5.91 Å². The first-order valence-corrected chi connectivity index (χ1v) is 7.29. The van der Waals surface area contributed by atoms with E-state index in [0.29, 0.717) is 4.88 Å². The molecule has 3 nitrogen and oxygen atoms in total. The number of hydrogen-bond acceptors (Lipinski definition) is 4. The normalized spacial score (nSPS) is 10.3. The van der Waals surface area contributed by atoms with Crippen LogP contribution in [0.15, 0.2) is 41.3 Å². The van der Waals surface area contributed by atoms with E-state index in [4.69, 9.17) is 5.84 Å². The van der Waals surface area contributed by atoms with Crippen LogP contribution in [0.3, 0.4) is 0 Å². The lowest BCUT2D eigenvalue weighted by atomic mass is 10.2. The highest BCUT2D eigenvalue weighted by Gasteiger charge is 2.08. The van der Waals surface area contributed by atoms with Crippen LogP contribution < -0.4 is 11.3 Å². The summed E-state index contributed by atoms with van der Waals surface area (Å²) in [6.07, 6.45) is 0. The molecule has 0 saturated heterocycles. The second-order valence-electron chi connectivity index (χ2n) is 3.79. The summed E-state index contributed by atoms with van der Waals surface area (Å²) in [7, 11) is 0. The Labute approximate surface area is 114 Å². The fourth-order valence-electron chi connectivity index (χ4n) is 1.52. The van der Waals surface area contributed by atoms with Crippen LogP contribution in [0.2, 0.25) is 0 Å². The Bertz CT molecular complexity index is 551. The average Bonchev–Trinajstić information content (AvgIpc) is 2.86. The highest BCUT2D eigenvalue weighted by atomic mass is 32.2. The number of carbonyl (C=O) groups is 1. The van der Waals surface area contributed by atoms with Crippen LogP contribution in [0.4, 0.5) is 0 Å². The molecule has 3 N–H and O–H groups in total. The van der Waals surface area contributed by atoms with Gasteiger partial charge in [0.1, 0.15) is 0 Å². The molecule has 5 heteroatoms. The molecule has 18 heavy (non-hydrogen) atoms. The lowest BCUT2D eigenvalue weighted by Crippen LogP contribution is -2.29. The van der Waals surface area contributed by atoms with Gasteiger partial charge in [-0.2, -0.15) is 0 Å². The van der Waals surface area contributed by atoms with Crippen molar-refractivity contribution in [2.45, 2.75) is 17.6 Å². The zero-order chi connectivity index (χ0) is 13.0. The SMILES string of the molecule is Cc1ccccc1SCc1ccc(C(=O)NN)s1. The molecule has 2 rings (SSSR count). The van der Waals surface area contributed by atoms with Gasteiger partial charge in [0.2, 0.25) is 0 Å². The van der Waals surface area contributed by atoms with Gasteiger partial charge in [0.25, 0.3) is 5.91 Å². The Morgan fingerprint density at radius 2 is 2.11 bits per heavy atom. The van der Waals surface area contributed by atoms with Gasteiger partial charge in [0.05, 0.1) is 4.88 Å². The molecule has 1 heterocycles. The van der Waals surface area contributed by atoms with E-state index in [-0.39, 0.29) is 5.91 Å². The van der Waals surface area contributed by atoms with Crippen molar-refractivity contribution in [3.63, 3.8) is 0 Å². The zero-order valence-electron chi connectivity index (χ0n) is 9.97. The van der Waals surface area contributed by atoms with Gasteiger partial charge in [0.15, 0.2) is 0 Å². The van der Waals surface area contributed by atoms with Crippen LogP contribution in [0.25, 0.3) is 0 Å². The maximum Gasteiger partial charge on any atom is 0.275 e. The molecule has 0 spiro atoms. The molecule has 1 amide bonds. The standard InChI is InChI=1S/C13H14N2OS2/c1-9-4-2-3-5-11(9)17-8-10-6-7-12(18-10)13(16)15-14/h2-7H,8,14H2,1H3,(H,15,16). The zero-order valence-corrected chi connectivity index (χ0v) is 11.6. The van der Waals surface area contributed by atoms with Crippen LogP contribution in [0.5, 0.6) is 0 Å². The predicted molar refractivity (Wildman–Crippen MR) is 76.7 cm³/mol. The summed E-state index contributed by atoms with van der Waals surface area (Å²) in [5.74, 6) is 5.74. The first-order valence-electron chi connectivity index (χ1n) is 5.49. The van der Waals surface area contributed by atoms with Crippen molar-refractivity contribution >= 4 is 29.0 Å². The van der Waals surface area contributed by atoms with Crippen molar-refractivity contribution in [2.75, 3.05) is 0 Å². The second-order valence-corrected chi connectivity index (χ2v) is 5.98. The Hall–Kier alpha value is -1.30. The number of rotatable bonds is 4. The van der Waals surface area contributed by atoms with E-state index in [1.807, 2.05) is 18.2 Å². The number of thioether (sulfide) groups is 1. The number of benzene rings is 1. The van der Waals surface area contributed by atoms with Crippen molar-refractivity contribution in [2.24, 2.45) is 5.84 Å². The Morgan fingerprint density at radius 3 is 2.83 bits per heavy atom. The first kappa shape index (κ1) is 13.1. The van der Waals surface area contributed by atoms with Crippen molar-refractivity contribution in [3.8, 4) is 0 Å². The van der Waals surface area contributed by atoms with Crippen molar-refractivity contribution < 1.29 is 4.79 Å². The van der Waals surface area contributed by atoms with E-state index in [1.54, 1.807) is 17.8 Å². The lowest BCUT2D eigenvalue weighted by molar-refractivity contribution is 0.0957. The van der Waals surface area contributed by atoms with Gasteiger partial charge < -0.3 is 0 Å². The summed E-state index contributed by atoms with van der Waals surface area (Å²) in [4.78, 5) is 14.4. The third-order valence-electron chi connectivity index (χ3n) is 2.48. The number of amides is 1. The third-order valence-corrected chi connectivity index (χ3v) is 4.97. The Balaban J connectivity index is 2.01. The second kappa shape index (κ2) is 6.04. The number of nitrogens with two attached hydrogens (primary N) is 1. The van der Waals surface area contributed by atoms with Crippen molar-refractivity contribution in [1.29, 1.82) is 0 Å². The number of aryl methyl sites for hydroxylation is 1. The smallest absolute Gasteiger partial charge is 0.275 e. The van der Waals surface area contributed by atoms with E-state index in [1.165, 1.54) is 26.7 Å². The van der Waals surface area contributed by atoms with Crippen molar-refractivity contribution in [1.82, 2.24) is 5.43 Å². The van der Waals surface area contributed by atoms with E-state index < -0.39 is 0 Å². The van der Waals surface area contributed by atoms with Gasteiger partial charge in [-0.1, -0.05) is 18.2 Å². The predicted octanol–water partition coefficient (Wildman–Crippen LogP) is 2.95. The first-order chi connectivity index (χ1) is 8.70. The van der Waals surface area contributed by atoms with Crippen LogP contribution in [0.1, 0.15) is 20.1 Å². The van der Waals surface area contributed by atoms with Gasteiger partial charge >= 0.3 is 0 Å². The highest BCUT2D eigenvalue weighted by Crippen LogP contribution is 2.28. The number of thiophene rings is 1. The van der Waals surface area contributed by atoms with Crippen LogP contribution in [0, 0.1) is 6.92 Å². The maximum absolute atomic E-state index is 11.3. The number of nitrogens with one attached hydrogen (secondary N) is 1. The highest BCUT2D eigenvalue weighted by molar-refractivity contribution is 7.98. The summed E-state index contributed by atoms with van der Waals surface area (Å²) in [6, 6.07) is 12.1.